The van der Waals surface area contributed by atoms with Gasteiger partial charge in [0.1, 0.15) is 0 Å². The summed E-state index contributed by atoms with van der Waals surface area (Å²) in [7, 11) is 2.08. The SMILES string of the molecule is CN1CCC(N[C@@H](CC(=O)O)C(=O)C2(CCOC3CCN(C(=N)N)CC3)CCCCN2)CC1. The zero-order valence-corrected chi connectivity index (χ0v) is 20.0. The zero-order chi connectivity index (χ0) is 23.8. The lowest BCUT2D eigenvalue weighted by Crippen LogP contribution is -2.62. The molecule has 3 heterocycles. The van der Waals surface area contributed by atoms with E-state index in [1.54, 1.807) is 0 Å². The lowest BCUT2D eigenvalue weighted by Gasteiger charge is -2.41. The largest absolute Gasteiger partial charge is 0.481 e. The lowest BCUT2D eigenvalue weighted by atomic mass is 9.78. The van der Waals surface area contributed by atoms with Gasteiger partial charge >= 0.3 is 5.97 Å². The van der Waals surface area contributed by atoms with Crippen LogP contribution in [0.2, 0.25) is 0 Å². The molecule has 188 valence electrons. The van der Waals surface area contributed by atoms with E-state index in [1.165, 1.54) is 0 Å². The molecule has 10 nitrogen and oxygen atoms in total. The summed E-state index contributed by atoms with van der Waals surface area (Å²) in [5.74, 6) is -0.877. The minimum atomic E-state index is -0.951. The number of rotatable bonds is 10. The molecule has 0 amide bonds. The van der Waals surface area contributed by atoms with E-state index in [0.29, 0.717) is 32.5 Å². The van der Waals surface area contributed by atoms with E-state index >= 15 is 0 Å². The normalized spacial score (nSPS) is 26.8. The van der Waals surface area contributed by atoms with Crippen molar-refractivity contribution in [3.8, 4) is 0 Å². The van der Waals surface area contributed by atoms with Gasteiger partial charge in [-0.25, -0.2) is 0 Å². The van der Waals surface area contributed by atoms with Crippen molar-refractivity contribution in [3.63, 3.8) is 0 Å². The Kier molecular flexibility index (Phi) is 9.48. The predicted molar refractivity (Wildman–Crippen MR) is 126 cm³/mol. The summed E-state index contributed by atoms with van der Waals surface area (Å²) in [5.41, 5.74) is 4.83. The molecule has 10 heteroatoms. The Morgan fingerprint density at radius 3 is 2.48 bits per heavy atom. The highest BCUT2D eigenvalue weighted by molar-refractivity contribution is 5.95. The van der Waals surface area contributed by atoms with Gasteiger partial charge in [0, 0.05) is 25.7 Å². The van der Waals surface area contributed by atoms with Crippen LogP contribution >= 0.6 is 0 Å². The van der Waals surface area contributed by atoms with Crippen molar-refractivity contribution < 1.29 is 19.4 Å². The number of carboxylic acid groups (broad SMARTS) is 1. The Bertz CT molecular complexity index is 668. The number of Topliss-reactive ketones (excluding diaryl/α,β-unsaturated/α-hetero) is 1. The van der Waals surface area contributed by atoms with E-state index in [4.69, 9.17) is 15.9 Å². The molecule has 3 fully saturated rings. The zero-order valence-electron chi connectivity index (χ0n) is 20.0. The van der Waals surface area contributed by atoms with Crippen molar-refractivity contribution in [2.24, 2.45) is 5.73 Å². The van der Waals surface area contributed by atoms with Crippen molar-refractivity contribution in [2.45, 2.75) is 81.5 Å². The number of nitrogens with two attached hydrogens (primary N) is 1. The number of piperidine rings is 3. The first kappa shape index (κ1) is 25.9. The number of carboxylic acids is 1. The topological polar surface area (TPSA) is 144 Å². The molecule has 3 aliphatic heterocycles. The molecule has 33 heavy (non-hydrogen) atoms. The summed E-state index contributed by atoms with van der Waals surface area (Å²) >= 11 is 0. The molecule has 0 bridgehead atoms. The Morgan fingerprint density at radius 2 is 1.91 bits per heavy atom. The van der Waals surface area contributed by atoms with E-state index in [2.05, 4.69) is 22.6 Å². The molecule has 2 atom stereocenters. The number of nitrogens with zero attached hydrogens (tertiary/aromatic N) is 2. The quantitative estimate of drug-likeness (QED) is 0.228. The maximum Gasteiger partial charge on any atom is 0.305 e. The van der Waals surface area contributed by atoms with E-state index in [-0.39, 0.29) is 30.3 Å². The molecule has 3 saturated heterocycles. The monoisotopic (exact) mass is 466 g/mol. The highest BCUT2D eigenvalue weighted by Crippen LogP contribution is 2.28. The average Bonchev–Trinajstić information content (AvgIpc) is 2.80. The van der Waals surface area contributed by atoms with Gasteiger partial charge in [0.2, 0.25) is 0 Å². The summed E-state index contributed by atoms with van der Waals surface area (Å²) in [6.07, 6.45) is 6.59. The molecular formula is C23H42N6O4. The van der Waals surface area contributed by atoms with Gasteiger partial charge in [-0.2, -0.15) is 0 Å². The van der Waals surface area contributed by atoms with Gasteiger partial charge in [-0.15, -0.1) is 0 Å². The molecule has 0 aliphatic carbocycles. The predicted octanol–water partition coefficient (Wildman–Crippen LogP) is 0.359. The van der Waals surface area contributed by atoms with Gasteiger partial charge in [-0.3, -0.25) is 15.0 Å². The average molecular weight is 467 g/mol. The van der Waals surface area contributed by atoms with Crippen LogP contribution in [0.25, 0.3) is 0 Å². The lowest BCUT2D eigenvalue weighted by molar-refractivity contribution is -0.141. The number of carbonyl (C=O) groups is 2. The highest BCUT2D eigenvalue weighted by atomic mass is 16.5. The Balaban J connectivity index is 1.60. The second kappa shape index (κ2) is 12.1. The number of hydrogen-bond acceptors (Lipinski definition) is 7. The van der Waals surface area contributed by atoms with Crippen LogP contribution in [0.1, 0.15) is 57.8 Å². The fourth-order valence-corrected chi connectivity index (χ4v) is 5.37. The fourth-order valence-electron chi connectivity index (χ4n) is 5.37. The highest BCUT2D eigenvalue weighted by Gasteiger charge is 2.43. The molecule has 0 aromatic carbocycles. The van der Waals surface area contributed by atoms with Gasteiger partial charge in [0.15, 0.2) is 11.7 Å². The number of hydrogen-bond donors (Lipinski definition) is 5. The molecule has 0 radical (unpaired) electrons. The number of aliphatic carboxylic acids is 1. The van der Waals surface area contributed by atoms with E-state index in [1.807, 2.05) is 4.90 Å². The van der Waals surface area contributed by atoms with Gasteiger partial charge in [-0.05, 0) is 78.0 Å². The van der Waals surface area contributed by atoms with Crippen LogP contribution in [-0.4, -0.2) is 103 Å². The second-order valence-corrected chi connectivity index (χ2v) is 9.92. The number of likely N-dealkylation sites (tertiary alicyclic amines) is 2. The minimum Gasteiger partial charge on any atom is -0.481 e. The van der Waals surface area contributed by atoms with Gasteiger partial charge in [0.05, 0.1) is 24.1 Å². The van der Waals surface area contributed by atoms with Crippen molar-refractivity contribution in [1.82, 2.24) is 20.4 Å². The third-order valence-corrected chi connectivity index (χ3v) is 7.48. The van der Waals surface area contributed by atoms with Crippen LogP contribution in [0.15, 0.2) is 0 Å². The van der Waals surface area contributed by atoms with Crippen molar-refractivity contribution in [1.29, 1.82) is 5.41 Å². The Hall–Kier alpha value is -1.75. The molecule has 0 spiro atoms. The van der Waals surface area contributed by atoms with Crippen LogP contribution < -0.4 is 16.4 Å². The first-order valence-electron chi connectivity index (χ1n) is 12.5. The Labute approximate surface area is 197 Å². The first-order valence-corrected chi connectivity index (χ1v) is 12.5. The number of nitrogens with one attached hydrogen (secondary N) is 3. The molecule has 0 aromatic rings. The maximum absolute atomic E-state index is 13.8. The van der Waals surface area contributed by atoms with Crippen LogP contribution in [0.5, 0.6) is 0 Å². The second-order valence-electron chi connectivity index (χ2n) is 9.92. The van der Waals surface area contributed by atoms with E-state index in [0.717, 1.165) is 58.2 Å². The summed E-state index contributed by atoms with van der Waals surface area (Å²) in [5, 5.41) is 24.0. The Morgan fingerprint density at radius 1 is 1.21 bits per heavy atom. The smallest absolute Gasteiger partial charge is 0.305 e. The van der Waals surface area contributed by atoms with Crippen LogP contribution in [0.4, 0.5) is 0 Å². The standard InChI is InChI=1S/C23H42N6O4/c1-28-11-4-17(5-12-28)27-19(16-20(30)31)21(32)23(8-2-3-10-26-23)9-15-33-18-6-13-29(14-7-18)22(24)25/h17-19,26-27H,2-16H2,1H3,(H3,24,25)(H,30,31)/t19-,23?/m0/s1. The minimum absolute atomic E-state index is 0.0291. The van der Waals surface area contributed by atoms with Crippen molar-refractivity contribution in [2.75, 3.05) is 46.4 Å². The fraction of sp³-hybridized carbons (Fsp3) is 0.870. The van der Waals surface area contributed by atoms with Gasteiger partial charge in [0.25, 0.3) is 0 Å². The molecular weight excluding hydrogens is 424 g/mol. The third-order valence-electron chi connectivity index (χ3n) is 7.48. The van der Waals surface area contributed by atoms with Crippen LogP contribution in [0.3, 0.4) is 0 Å². The summed E-state index contributed by atoms with van der Waals surface area (Å²) < 4.78 is 6.14. The number of ether oxygens (including phenoxy) is 1. The van der Waals surface area contributed by atoms with Gasteiger partial charge in [-0.1, -0.05) is 0 Å². The van der Waals surface area contributed by atoms with Gasteiger partial charge < -0.3 is 36.0 Å². The van der Waals surface area contributed by atoms with Crippen molar-refractivity contribution in [3.05, 3.63) is 0 Å². The molecule has 1 unspecified atom stereocenters. The molecule has 0 saturated carbocycles. The number of carbonyl (C=O) groups excluding carboxylic acids is 1. The summed E-state index contributed by atoms with van der Waals surface area (Å²) in [4.78, 5) is 29.5. The van der Waals surface area contributed by atoms with E-state index in [9.17, 15) is 14.7 Å². The third kappa shape index (κ3) is 7.37. The van der Waals surface area contributed by atoms with E-state index < -0.39 is 17.6 Å². The molecule has 0 aromatic heterocycles. The molecule has 3 rings (SSSR count). The van der Waals surface area contributed by atoms with Crippen LogP contribution in [0, 0.1) is 5.41 Å². The van der Waals surface area contributed by atoms with Crippen LogP contribution in [-0.2, 0) is 14.3 Å². The summed E-state index contributed by atoms with van der Waals surface area (Å²) in [6, 6.07) is -0.529. The van der Waals surface area contributed by atoms with Crippen molar-refractivity contribution >= 4 is 17.7 Å². The summed E-state index contributed by atoms with van der Waals surface area (Å²) in [6.45, 7) is 4.54. The molecule has 3 aliphatic rings. The first-order chi connectivity index (χ1) is 15.8. The maximum atomic E-state index is 13.8. The molecule has 6 N–H and O–H groups in total. The number of guanidine groups is 1. The number of ketones is 1.